The maximum atomic E-state index is 12.7. The molecule has 138 valence electrons. The molecule has 7 nitrogen and oxygen atoms in total. The molecule has 2 fully saturated rings. The van der Waals surface area contributed by atoms with Crippen LogP contribution in [0.25, 0.3) is 0 Å². The van der Waals surface area contributed by atoms with E-state index in [0.717, 1.165) is 56.7 Å². The van der Waals surface area contributed by atoms with Crippen molar-refractivity contribution in [1.82, 2.24) is 24.8 Å². The van der Waals surface area contributed by atoms with Crippen LogP contribution in [0, 0.1) is 6.92 Å². The number of amides is 1. The van der Waals surface area contributed by atoms with Crippen molar-refractivity contribution < 1.29 is 4.79 Å². The summed E-state index contributed by atoms with van der Waals surface area (Å²) in [5, 5.41) is 3.08. The number of piperidine rings is 1. The lowest BCUT2D eigenvalue weighted by molar-refractivity contribution is 0.0905. The highest BCUT2D eigenvalue weighted by atomic mass is 16.2. The fourth-order valence-corrected chi connectivity index (χ4v) is 3.65. The van der Waals surface area contributed by atoms with E-state index in [9.17, 15) is 9.59 Å². The Labute approximate surface area is 152 Å². The van der Waals surface area contributed by atoms with Crippen molar-refractivity contribution >= 4 is 5.91 Å². The summed E-state index contributed by atoms with van der Waals surface area (Å²) >= 11 is 0. The number of nitrogens with zero attached hydrogens (tertiary/aromatic N) is 3. The molecule has 26 heavy (non-hydrogen) atoms. The second kappa shape index (κ2) is 7.07. The van der Waals surface area contributed by atoms with Gasteiger partial charge in [0.1, 0.15) is 11.4 Å². The first-order valence-corrected chi connectivity index (χ1v) is 9.35. The molecule has 1 amide bonds. The van der Waals surface area contributed by atoms with Crippen LogP contribution in [-0.2, 0) is 6.54 Å². The number of aromatic nitrogens is 3. The smallest absolute Gasteiger partial charge is 0.263 e. The number of aryl methyl sites for hydroxylation is 1. The molecule has 0 radical (unpaired) electrons. The van der Waals surface area contributed by atoms with Crippen LogP contribution in [0.15, 0.2) is 29.5 Å². The standard InChI is InChI=1S/C19H25N5O2/c1-13-4-11-24(15-2-3-15)19(26)17(13)18(25)22-14-5-9-23(10-6-14)12-16-20-7-8-21-16/h4,7-8,11,14-15H,2-3,5-6,9-10,12H2,1H3,(H,20,21)(H,22,25). The Balaban J connectivity index is 1.37. The van der Waals surface area contributed by atoms with E-state index in [-0.39, 0.29) is 23.6 Å². The summed E-state index contributed by atoms with van der Waals surface area (Å²) in [5.74, 6) is 0.736. The van der Waals surface area contributed by atoms with E-state index in [1.807, 2.05) is 25.4 Å². The van der Waals surface area contributed by atoms with Crippen molar-refractivity contribution in [1.29, 1.82) is 0 Å². The highest BCUT2D eigenvalue weighted by Gasteiger charge is 2.28. The molecule has 2 aromatic heterocycles. The van der Waals surface area contributed by atoms with Crippen LogP contribution in [0.1, 0.15) is 53.5 Å². The zero-order chi connectivity index (χ0) is 18.1. The topological polar surface area (TPSA) is 83.0 Å². The number of hydrogen-bond donors (Lipinski definition) is 2. The predicted octanol–water partition coefficient (Wildman–Crippen LogP) is 1.61. The van der Waals surface area contributed by atoms with Crippen LogP contribution < -0.4 is 10.9 Å². The van der Waals surface area contributed by atoms with Gasteiger partial charge in [-0.25, -0.2) is 4.98 Å². The molecule has 0 spiro atoms. The third-order valence-electron chi connectivity index (χ3n) is 5.35. The van der Waals surface area contributed by atoms with E-state index in [2.05, 4.69) is 20.2 Å². The van der Waals surface area contributed by atoms with Crippen molar-refractivity contribution in [3.63, 3.8) is 0 Å². The Kier molecular flexibility index (Phi) is 4.63. The Hall–Kier alpha value is -2.41. The van der Waals surface area contributed by atoms with Gasteiger partial charge in [-0.15, -0.1) is 0 Å². The summed E-state index contributed by atoms with van der Waals surface area (Å²) in [7, 11) is 0. The summed E-state index contributed by atoms with van der Waals surface area (Å²) in [5.41, 5.74) is 0.900. The highest BCUT2D eigenvalue weighted by molar-refractivity contribution is 5.95. The van der Waals surface area contributed by atoms with E-state index >= 15 is 0 Å². The average molecular weight is 355 g/mol. The molecule has 1 saturated carbocycles. The highest BCUT2D eigenvalue weighted by Crippen LogP contribution is 2.33. The van der Waals surface area contributed by atoms with Gasteiger partial charge < -0.3 is 14.9 Å². The third kappa shape index (κ3) is 3.58. The summed E-state index contributed by atoms with van der Waals surface area (Å²) in [6, 6.07) is 2.27. The van der Waals surface area contributed by atoms with Gasteiger partial charge in [0.25, 0.3) is 11.5 Å². The third-order valence-corrected chi connectivity index (χ3v) is 5.35. The quantitative estimate of drug-likeness (QED) is 0.854. The Morgan fingerprint density at radius 1 is 1.31 bits per heavy atom. The molecule has 1 aliphatic heterocycles. The van der Waals surface area contributed by atoms with E-state index in [0.29, 0.717) is 5.56 Å². The van der Waals surface area contributed by atoms with Gasteiger partial charge >= 0.3 is 0 Å². The molecule has 0 unspecified atom stereocenters. The molecule has 3 heterocycles. The van der Waals surface area contributed by atoms with Crippen molar-refractivity contribution in [3.05, 3.63) is 52.0 Å². The second-order valence-corrected chi connectivity index (χ2v) is 7.38. The monoisotopic (exact) mass is 355 g/mol. The lowest BCUT2D eigenvalue weighted by atomic mass is 10.0. The zero-order valence-corrected chi connectivity index (χ0v) is 15.1. The van der Waals surface area contributed by atoms with Gasteiger partial charge in [-0.05, 0) is 44.2 Å². The normalized spacial score (nSPS) is 18.8. The number of H-pyrrole nitrogens is 1. The molecule has 4 rings (SSSR count). The van der Waals surface area contributed by atoms with E-state index in [4.69, 9.17) is 0 Å². The van der Waals surface area contributed by atoms with Gasteiger partial charge in [-0.2, -0.15) is 0 Å². The SMILES string of the molecule is Cc1ccn(C2CC2)c(=O)c1C(=O)NC1CCN(Cc2ncc[nH]2)CC1. The second-order valence-electron chi connectivity index (χ2n) is 7.38. The number of aromatic amines is 1. The summed E-state index contributed by atoms with van der Waals surface area (Å²) in [4.78, 5) is 35.1. The lowest BCUT2D eigenvalue weighted by Crippen LogP contribution is -2.46. The molecular weight excluding hydrogens is 330 g/mol. The predicted molar refractivity (Wildman–Crippen MR) is 98.1 cm³/mol. The van der Waals surface area contributed by atoms with Crippen LogP contribution >= 0.6 is 0 Å². The molecule has 2 aliphatic rings. The zero-order valence-electron chi connectivity index (χ0n) is 15.1. The summed E-state index contributed by atoms with van der Waals surface area (Å²) in [6.45, 7) is 4.45. The van der Waals surface area contributed by atoms with Crippen LogP contribution in [0.3, 0.4) is 0 Å². The van der Waals surface area contributed by atoms with Crippen molar-refractivity contribution in [3.8, 4) is 0 Å². The molecule has 0 bridgehead atoms. The van der Waals surface area contributed by atoms with Crippen molar-refractivity contribution in [2.45, 2.75) is 51.2 Å². The minimum atomic E-state index is -0.230. The molecule has 0 atom stereocenters. The average Bonchev–Trinajstić information content (AvgIpc) is 3.33. The van der Waals surface area contributed by atoms with E-state index in [1.165, 1.54) is 0 Å². The van der Waals surface area contributed by atoms with Crippen LogP contribution in [0.4, 0.5) is 0 Å². The maximum Gasteiger partial charge on any atom is 0.263 e. The number of nitrogens with one attached hydrogen (secondary N) is 2. The summed E-state index contributed by atoms with van der Waals surface area (Å²) < 4.78 is 1.72. The molecule has 1 aliphatic carbocycles. The molecule has 1 saturated heterocycles. The number of hydrogen-bond acceptors (Lipinski definition) is 4. The van der Waals surface area contributed by atoms with Gasteiger partial charge in [0, 0.05) is 43.8 Å². The first kappa shape index (κ1) is 17.0. The number of carbonyl (C=O) groups excluding carboxylic acids is 1. The van der Waals surface area contributed by atoms with Crippen molar-refractivity contribution in [2.24, 2.45) is 0 Å². The van der Waals surface area contributed by atoms with Gasteiger partial charge in [0.2, 0.25) is 0 Å². The largest absolute Gasteiger partial charge is 0.349 e. The fraction of sp³-hybridized carbons (Fsp3) is 0.526. The van der Waals surface area contributed by atoms with Gasteiger partial charge in [0.15, 0.2) is 0 Å². The first-order chi connectivity index (χ1) is 12.6. The molecular formula is C19H25N5O2. The van der Waals surface area contributed by atoms with E-state index in [1.54, 1.807) is 10.8 Å². The van der Waals surface area contributed by atoms with Gasteiger partial charge in [-0.1, -0.05) is 0 Å². The van der Waals surface area contributed by atoms with Crippen LogP contribution in [0.5, 0.6) is 0 Å². The Bertz CT molecular complexity index is 830. The maximum absolute atomic E-state index is 12.7. The number of likely N-dealkylation sites (tertiary alicyclic amines) is 1. The fourth-order valence-electron chi connectivity index (χ4n) is 3.65. The Morgan fingerprint density at radius 3 is 2.73 bits per heavy atom. The van der Waals surface area contributed by atoms with Gasteiger partial charge in [0.05, 0.1) is 6.54 Å². The minimum Gasteiger partial charge on any atom is -0.349 e. The number of carbonyl (C=O) groups is 1. The number of rotatable bonds is 5. The summed E-state index contributed by atoms with van der Waals surface area (Å²) in [6.07, 6.45) is 9.23. The van der Waals surface area contributed by atoms with Crippen molar-refractivity contribution in [2.75, 3.05) is 13.1 Å². The van der Waals surface area contributed by atoms with Gasteiger partial charge in [-0.3, -0.25) is 14.5 Å². The molecule has 7 heteroatoms. The molecule has 2 aromatic rings. The number of imidazole rings is 1. The molecule has 2 N–H and O–H groups in total. The first-order valence-electron chi connectivity index (χ1n) is 9.35. The van der Waals surface area contributed by atoms with Crippen LogP contribution in [0.2, 0.25) is 0 Å². The molecule has 0 aromatic carbocycles. The van der Waals surface area contributed by atoms with Crippen LogP contribution in [-0.4, -0.2) is 44.5 Å². The minimum absolute atomic E-state index is 0.115. The van der Waals surface area contributed by atoms with E-state index < -0.39 is 0 Å². The lowest BCUT2D eigenvalue weighted by Gasteiger charge is -2.31. The Morgan fingerprint density at radius 2 is 2.08 bits per heavy atom. The number of pyridine rings is 1.